The predicted molar refractivity (Wildman–Crippen MR) is 184 cm³/mol. The van der Waals surface area contributed by atoms with E-state index in [1.807, 2.05) is 68.4 Å². The van der Waals surface area contributed by atoms with Crippen LogP contribution >= 0.6 is 0 Å². The smallest absolute Gasteiger partial charge is 0.264 e. The lowest BCUT2D eigenvalue weighted by Gasteiger charge is -2.34. The van der Waals surface area contributed by atoms with Gasteiger partial charge in [-0.1, -0.05) is 91.7 Å². The van der Waals surface area contributed by atoms with Gasteiger partial charge in [-0.05, 0) is 48.7 Å². The van der Waals surface area contributed by atoms with Crippen molar-refractivity contribution in [3.63, 3.8) is 0 Å². The number of carbonyl (C=O) groups excluding carboxylic acids is 2. The molecule has 0 aliphatic carbocycles. The Morgan fingerprint density at radius 3 is 2.06 bits per heavy atom. The van der Waals surface area contributed by atoms with E-state index in [9.17, 15) is 18.0 Å². The zero-order chi connectivity index (χ0) is 33.8. The second-order valence-electron chi connectivity index (χ2n) is 11.2. The third-order valence-corrected chi connectivity index (χ3v) is 9.63. The Labute approximate surface area is 278 Å². The van der Waals surface area contributed by atoms with Crippen LogP contribution in [0.5, 0.6) is 11.5 Å². The first kappa shape index (κ1) is 35.0. The number of unbranched alkanes of at least 4 members (excludes halogenated alkanes) is 1. The number of rotatable bonds is 16. The van der Waals surface area contributed by atoms with E-state index in [0.717, 1.165) is 33.8 Å². The minimum Gasteiger partial charge on any atom is -0.493 e. The third kappa shape index (κ3) is 9.13. The summed E-state index contributed by atoms with van der Waals surface area (Å²) in [5.74, 6) is -0.121. The standard InChI is InChI=1S/C37H43N3O6S/c1-5-6-23-38-37(42)33(24-29-13-9-7-10-14-29)39(26-30-19-17-28(2)18-20-30)36(41)27-40(47(43,44)32-15-11-8-12-16-32)31-21-22-34(45-3)35(25-31)46-4/h7-22,25,33H,5-6,23-24,26-27H2,1-4H3,(H,38,42). The van der Waals surface area contributed by atoms with Gasteiger partial charge >= 0.3 is 0 Å². The van der Waals surface area contributed by atoms with Crippen LogP contribution < -0.4 is 19.1 Å². The van der Waals surface area contributed by atoms with Gasteiger partial charge in [0, 0.05) is 25.6 Å². The molecule has 4 aromatic rings. The Kier molecular flexibility index (Phi) is 12.4. The Morgan fingerprint density at radius 2 is 1.45 bits per heavy atom. The Hall–Kier alpha value is -4.83. The van der Waals surface area contributed by atoms with Gasteiger partial charge in [0.1, 0.15) is 12.6 Å². The van der Waals surface area contributed by atoms with Crippen LogP contribution in [0, 0.1) is 6.92 Å². The van der Waals surface area contributed by atoms with Gasteiger partial charge < -0.3 is 19.7 Å². The van der Waals surface area contributed by atoms with Crippen LogP contribution in [0.4, 0.5) is 5.69 Å². The Bertz CT molecular complexity index is 1710. The summed E-state index contributed by atoms with van der Waals surface area (Å²) in [6, 6.07) is 28.9. The van der Waals surface area contributed by atoms with Gasteiger partial charge in [0.2, 0.25) is 11.8 Å². The number of anilines is 1. The van der Waals surface area contributed by atoms with Crippen LogP contribution in [-0.4, -0.2) is 58.5 Å². The molecule has 0 aromatic heterocycles. The number of hydrogen-bond donors (Lipinski definition) is 1. The maximum Gasteiger partial charge on any atom is 0.264 e. The number of aryl methyl sites for hydroxylation is 1. The average molecular weight is 658 g/mol. The van der Waals surface area contributed by atoms with E-state index in [2.05, 4.69) is 5.32 Å². The summed E-state index contributed by atoms with van der Waals surface area (Å²) in [4.78, 5) is 30.0. The number of sulfonamides is 1. The highest BCUT2D eigenvalue weighted by atomic mass is 32.2. The highest BCUT2D eigenvalue weighted by Crippen LogP contribution is 2.34. The lowest BCUT2D eigenvalue weighted by molar-refractivity contribution is -0.140. The molecule has 248 valence electrons. The van der Waals surface area contributed by atoms with Gasteiger partial charge in [-0.2, -0.15) is 0 Å². The number of benzene rings is 4. The highest BCUT2D eigenvalue weighted by Gasteiger charge is 2.35. The second-order valence-corrected chi connectivity index (χ2v) is 13.1. The molecule has 0 saturated carbocycles. The number of nitrogens with one attached hydrogen (secondary N) is 1. The van der Waals surface area contributed by atoms with E-state index in [0.29, 0.717) is 18.0 Å². The number of carbonyl (C=O) groups is 2. The molecule has 47 heavy (non-hydrogen) atoms. The summed E-state index contributed by atoms with van der Waals surface area (Å²) in [5.41, 5.74) is 2.95. The quantitative estimate of drug-likeness (QED) is 0.154. The van der Waals surface area contributed by atoms with Crippen molar-refractivity contribution < 1.29 is 27.5 Å². The van der Waals surface area contributed by atoms with Gasteiger partial charge in [-0.3, -0.25) is 13.9 Å². The fraction of sp³-hybridized carbons (Fsp3) is 0.297. The molecule has 0 heterocycles. The van der Waals surface area contributed by atoms with Crippen molar-refractivity contribution in [2.75, 3.05) is 31.6 Å². The zero-order valence-corrected chi connectivity index (χ0v) is 28.2. The summed E-state index contributed by atoms with van der Waals surface area (Å²) < 4.78 is 40.3. The molecule has 4 rings (SSSR count). The van der Waals surface area contributed by atoms with Crippen molar-refractivity contribution in [1.29, 1.82) is 0 Å². The highest BCUT2D eigenvalue weighted by molar-refractivity contribution is 7.92. The van der Waals surface area contributed by atoms with Crippen molar-refractivity contribution in [3.8, 4) is 11.5 Å². The van der Waals surface area contributed by atoms with Crippen molar-refractivity contribution in [2.24, 2.45) is 0 Å². The number of methoxy groups -OCH3 is 2. The normalized spacial score (nSPS) is 11.7. The van der Waals surface area contributed by atoms with Crippen molar-refractivity contribution >= 4 is 27.5 Å². The second kappa shape index (κ2) is 16.6. The van der Waals surface area contributed by atoms with Crippen LogP contribution in [0.2, 0.25) is 0 Å². The topological polar surface area (TPSA) is 105 Å². The van der Waals surface area contributed by atoms with Crippen LogP contribution in [0.25, 0.3) is 0 Å². The van der Waals surface area contributed by atoms with Crippen LogP contribution in [-0.2, 0) is 32.6 Å². The number of ether oxygens (including phenoxy) is 2. The average Bonchev–Trinajstić information content (AvgIpc) is 3.10. The van der Waals surface area contributed by atoms with E-state index < -0.39 is 28.5 Å². The molecule has 1 unspecified atom stereocenters. The first-order valence-electron chi connectivity index (χ1n) is 15.6. The fourth-order valence-electron chi connectivity index (χ4n) is 5.18. The van der Waals surface area contributed by atoms with E-state index >= 15 is 0 Å². The van der Waals surface area contributed by atoms with Crippen LogP contribution in [0.1, 0.15) is 36.5 Å². The van der Waals surface area contributed by atoms with Gasteiger partial charge in [-0.25, -0.2) is 8.42 Å². The first-order valence-corrected chi connectivity index (χ1v) is 17.1. The molecular formula is C37H43N3O6S. The number of nitrogens with zero attached hydrogens (tertiary/aromatic N) is 2. The van der Waals surface area contributed by atoms with Gasteiger partial charge in [0.25, 0.3) is 10.0 Å². The summed E-state index contributed by atoms with van der Waals surface area (Å²) in [5, 5.41) is 3.01. The molecule has 0 aliphatic heterocycles. The van der Waals surface area contributed by atoms with Gasteiger partial charge in [0.15, 0.2) is 11.5 Å². The molecule has 4 aromatic carbocycles. The van der Waals surface area contributed by atoms with Crippen LogP contribution in [0.3, 0.4) is 0 Å². The molecule has 0 saturated heterocycles. The molecule has 1 N–H and O–H groups in total. The van der Waals surface area contributed by atoms with E-state index in [1.165, 1.54) is 37.3 Å². The molecule has 0 fully saturated rings. The summed E-state index contributed by atoms with van der Waals surface area (Å²) in [6.07, 6.45) is 1.93. The van der Waals surface area contributed by atoms with E-state index in [1.54, 1.807) is 30.3 Å². The summed E-state index contributed by atoms with van der Waals surface area (Å²) >= 11 is 0. The molecule has 0 spiro atoms. The van der Waals surface area contributed by atoms with Gasteiger partial charge in [-0.15, -0.1) is 0 Å². The van der Waals surface area contributed by atoms with Crippen molar-refractivity contribution in [3.05, 3.63) is 120 Å². The zero-order valence-electron chi connectivity index (χ0n) is 27.4. The van der Waals surface area contributed by atoms with Gasteiger partial charge in [0.05, 0.1) is 24.8 Å². The molecule has 0 radical (unpaired) electrons. The predicted octanol–water partition coefficient (Wildman–Crippen LogP) is 5.76. The van der Waals surface area contributed by atoms with Crippen molar-refractivity contribution in [2.45, 2.75) is 50.6 Å². The number of hydrogen-bond acceptors (Lipinski definition) is 6. The molecule has 1 atom stereocenters. The molecular weight excluding hydrogens is 614 g/mol. The van der Waals surface area contributed by atoms with Crippen LogP contribution in [0.15, 0.2) is 108 Å². The van der Waals surface area contributed by atoms with E-state index in [-0.39, 0.29) is 29.5 Å². The SMILES string of the molecule is CCCCNC(=O)C(Cc1ccccc1)N(Cc1ccc(C)cc1)C(=O)CN(c1ccc(OC)c(OC)c1)S(=O)(=O)c1ccccc1. The van der Waals surface area contributed by atoms with E-state index in [4.69, 9.17) is 9.47 Å². The molecule has 0 aliphatic rings. The summed E-state index contributed by atoms with van der Waals surface area (Å²) in [6.45, 7) is 4.01. The largest absolute Gasteiger partial charge is 0.493 e. The lowest BCUT2D eigenvalue weighted by Crippen LogP contribution is -2.53. The fourth-order valence-corrected chi connectivity index (χ4v) is 6.61. The maximum absolute atomic E-state index is 14.6. The van der Waals surface area contributed by atoms with Crippen molar-refractivity contribution in [1.82, 2.24) is 10.2 Å². The lowest BCUT2D eigenvalue weighted by atomic mass is 10.0. The molecule has 9 nitrogen and oxygen atoms in total. The molecule has 2 amide bonds. The number of amides is 2. The Morgan fingerprint density at radius 1 is 0.809 bits per heavy atom. The third-order valence-electron chi connectivity index (χ3n) is 7.84. The molecule has 0 bridgehead atoms. The minimum atomic E-state index is -4.24. The monoisotopic (exact) mass is 657 g/mol. The Balaban J connectivity index is 1.81. The minimum absolute atomic E-state index is 0.0193. The first-order chi connectivity index (χ1) is 22.7. The maximum atomic E-state index is 14.6. The molecule has 10 heteroatoms. The summed E-state index contributed by atoms with van der Waals surface area (Å²) in [7, 11) is -1.30.